The van der Waals surface area contributed by atoms with Crippen LogP contribution in [0.5, 0.6) is 0 Å². The van der Waals surface area contributed by atoms with Crippen LogP contribution in [0.15, 0.2) is 29.6 Å². The van der Waals surface area contributed by atoms with Crippen LogP contribution in [-0.4, -0.2) is 30.0 Å². The predicted octanol–water partition coefficient (Wildman–Crippen LogP) is 2.85. The van der Waals surface area contributed by atoms with E-state index in [-0.39, 0.29) is 11.9 Å². The van der Waals surface area contributed by atoms with Crippen LogP contribution >= 0.6 is 11.3 Å². The third kappa shape index (κ3) is 4.37. The van der Waals surface area contributed by atoms with E-state index in [4.69, 9.17) is 0 Å². The quantitative estimate of drug-likeness (QED) is 0.863. The highest BCUT2D eigenvalue weighted by Crippen LogP contribution is 2.22. The summed E-state index contributed by atoms with van der Waals surface area (Å²) in [5.74, 6) is -0.0476. The first-order valence-corrected chi connectivity index (χ1v) is 8.02. The standard InChI is InChI=1S/C16H21N3OS/c1-4-17-11(2)9-18-16(20)14-7-5-6-13(8-14)15-10-21-12(3)19-15/h5-8,10-11,17H,4,9H2,1-3H3,(H,18,20)/t11-/m1/s1. The summed E-state index contributed by atoms with van der Waals surface area (Å²) in [6, 6.07) is 7.86. The van der Waals surface area contributed by atoms with Gasteiger partial charge in [0.2, 0.25) is 0 Å². The average molecular weight is 303 g/mol. The number of hydrogen-bond donors (Lipinski definition) is 2. The second-order valence-corrected chi connectivity index (χ2v) is 6.06. The Morgan fingerprint density at radius 3 is 2.90 bits per heavy atom. The van der Waals surface area contributed by atoms with E-state index in [1.54, 1.807) is 11.3 Å². The Labute approximate surface area is 129 Å². The fourth-order valence-corrected chi connectivity index (χ4v) is 2.71. The van der Waals surface area contributed by atoms with Gasteiger partial charge >= 0.3 is 0 Å². The van der Waals surface area contributed by atoms with Crippen LogP contribution in [0.2, 0.25) is 0 Å². The van der Waals surface area contributed by atoms with Crippen molar-refractivity contribution in [3.05, 3.63) is 40.2 Å². The van der Waals surface area contributed by atoms with Crippen LogP contribution in [0.25, 0.3) is 11.3 Å². The first kappa shape index (κ1) is 15.7. The predicted molar refractivity (Wildman–Crippen MR) is 87.8 cm³/mol. The van der Waals surface area contributed by atoms with Crippen LogP contribution in [0.1, 0.15) is 29.2 Å². The van der Waals surface area contributed by atoms with Gasteiger partial charge in [-0.2, -0.15) is 0 Å². The van der Waals surface area contributed by atoms with Gasteiger partial charge in [0.15, 0.2) is 0 Å². The number of aryl methyl sites for hydroxylation is 1. The minimum absolute atomic E-state index is 0.0476. The molecule has 1 aromatic heterocycles. The number of thiazole rings is 1. The van der Waals surface area contributed by atoms with Crippen molar-refractivity contribution >= 4 is 17.2 Å². The summed E-state index contributed by atoms with van der Waals surface area (Å²) in [6.07, 6.45) is 0. The Balaban J connectivity index is 2.05. The van der Waals surface area contributed by atoms with Gasteiger partial charge in [-0.05, 0) is 32.5 Å². The van der Waals surface area contributed by atoms with E-state index < -0.39 is 0 Å². The molecule has 4 nitrogen and oxygen atoms in total. The Kier molecular flexibility index (Phi) is 5.47. The molecule has 2 aromatic rings. The number of aromatic nitrogens is 1. The molecule has 1 amide bonds. The smallest absolute Gasteiger partial charge is 0.251 e. The maximum atomic E-state index is 12.2. The zero-order valence-corrected chi connectivity index (χ0v) is 13.5. The summed E-state index contributed by atoms with van der Waals surface area (Å²) in [4.78, 5) is 16.6. The number of carbonyl (C=O) groups excluding carboxylic acids is 1. The van der Waals surface area contributed by atoms with Gasteiger partial charge in [0.25, 0.3) is 5.91 Å². The minimum Gasteiger partial charge on any atom is -0.350 e. The average Bonchev–Trinajstić information content (AvgIpc) is 2.92. The van der Waals surface area contributed by atoms with E-state index in [2.05, 4.69) is 29.5 Å². The second kappa shape index (κ2) is 7.33. The van der Waals surface area contributed by atoms with Crippen LogP contribution in [0, 0.1) is 6.92 Å². The second-order valence-electron chi connectivity index (χ2n) is 5.00. The van der Waals surface area contributed by atoms with Crippen LogP contribution in [0.4, 0.5) is 0 Å². The van der Waals surface area contributed by atoms with E-state index in [1.165, 1.54) is 0 Å². The number of nitrogens with one attached hydrogen (secondary N) is 2. The zero-order valence-electron chi connectivity index (χ0n) is 12.6. The van der Waals surface area contributed by atoms with Crippen molar-refractivity contribution in [1.29, 1.82) is 0 Å². The molecule has 0 aliphatic rings. The maximum absolute atomic E-state index is 12.2. The number of hydrogen-bond acceptors (Lipinski definition) is 4. The van der Waals surface area contributed by atoms with E-state index in [9.17, 15) is 4.79 Å². The number of rotatable bonds is 6. The lowest BCUT2D eigenvalue weighted by atomic mass is 10.1. The zero-order chi connectivity index (χ0) is 15.2. The summed E-state index contributed by atoms with van der Waals surface area (Å²) in [5.41, 5.74) is 2.57. The van der Waals surface area contributed by atoms with Gasteiger partial charge in [0.1, 0.15) is 0 Å². The maximum Gasteiger partial charge on any atom is 0.251 e. The van der Waals surface area contributed by atoms with Crippen molar-refractivity contribution in [2.45, 2.75) is 26.8 Å². The first-order chi connectivity index (χ1) is 10.1. The van der Waals surface area contributed by atoms with Crippen molar-refractivity contribution in [2.24, 2.45) is 0 Å². The Morgan fingerprint density at radius 2 is 2.24 bits per heavy atom. The molecule has 0 spiro atoms. The van der Waals surface area contributed by atoms with E-state index in [0.29, 0.717) is 12.1 Å². The highest BCUT2D eigenvalue weighted by Gasteiger charge is 2.09. The van der Waals surface area contributed by atoms with Crippen molar-refractivity contribution in [1.82, 2.24) is 15.6 Å². The van der Waals surface area contributed by atoms with Gasteiger partial charge < -0.3 is 10.6 Å². The molecular weight excluding hydrogens is 282 g/mol. The molecule has 0 aliphatic carbocycles. The molecule has 2 N–H and O–H groups in total. The summed E-state index contributed by atoms with van der Waals surface area (Å²) in [5, 5.41) is 9.26. The van der Waals surface area contributed by atoms with Gasteiger partial charge in [-0.1, -0.05) is 19.1 Å². The van der Waals surface area contributed by atoms with Crippen molar-refractivity contribution in [3.8, 4) is 11.3 Å². The molecule has 5 heteroatoms. The lowest BCUT2D eigenvalue weighted by molar-refractivity contribution is 0.0950. The fourth-order valence-electron chi connectivity index (χ4n) is 2.08. The summed E-state index contributed by atoms with van der Waals surface area (Å²) < 4.78 is 0. The third-order valence-corrected chi connectivity index (χ3v) is 3.93. The molecule has 1 atom stereocenters. The Bertz CT molecular complexity index is 609. The molecule has 0 saturated carbocycles. The lowest BCUT2D eigenvalue weighted by Crippen LogP contribution is -2.38. The van der Waals surface area contributed by atoms with Crippen LogP contribution in [0.3, 0.4) is 0 Å². The highest BCUT2D eigenvalue weighted by molar-refractivity contribution is 7.09. The van der Waals surface area contributed by atoms with E-state index >= 15 is 0 Å². The van der Waals surface area contributed by atoms with Gasteiger partial charge in [0, 0.05) is 29.1 Å². The van der Waals surface area contributed by atoms with Crippen molar-refractivity contribution in [3.63, 3.8) is 0 Å². The van der Waals surface area contributed by atoms with Crippen molar-refractivity contribution in [2.75, 3.05) is 13.1 Å². The lowest BCUT2D eigenvalue weighted by Gasteiger charge is -2.13. The van der Waals surface area contributed by atoms with E-state index in [1.807, 2.05) is 36.6 Å². The summed E-state index contributed by atoms with van der Waals surface area (Å²) in [7, 11) is 0. The number of benzene rings is 1. The molecule has 0 radical (unpaired) electrons. The molecule has 0 fully saturated rings. The monoisotopic (exact) mass is 303 g/mol. The largest absolute Gasteiger partial charge is 0.350 e. The van der Waals surface area contributed by atoms with Crippen LogP contribution < -0.4 is 10.6 Å². The molecular formula is C16H21N3OS. The molecule has 21 heavy (non-hydrogen) atoms. The van der Waals surface area contributed by atoms with Gasteiger partial charge in [-0.15, -0.1) is 11.3 Å². The molecule has 1 heterocycles. The molecule has 1 aromatic carbocycles. The number of carbonyl (C=O) groups is 1. The third-order valence-electron chi connectivity index (χ3n) is 3.16. The molecule has 0 bridgehead atoms. The molecule has 0 unspecified atom stereocenters. The number of likely N-dealkylation sites (N-methyl/N-ethyl adjacent to an activating group) is 1. The van der Waals surface area contributed by atoms with Crippen molar-refractivity contribution < 1.29 is 4.79 Å². The Hall–Kier alpha value is -1.72. The topological polar surface area (TPSA) is 54.0 Å². The van der Waals surface area contributed by atoms with Gasteiger partial charge in [-0.25, -0.2) is 4.98 Å². The molecule has 0 aliphatic heterocycles. The highest BCUT2D eigenvalue weighted by atomic mass is 32.1. The fraction of sp³-hybridized carbons (Fsp3) is 0.375. The summed E-state index contributed by atoms with van der Waals surface area (Å²) >= 11 is 1.61. The SMILES string of the molecule is CCN[C@H](C)CNC(=O)c1cccc(-c2csc(C)n2)c1. The Morgan fingerprint density at radius 1 is 1.43 bits per heavy atom. The van der Waals surface area contributed by atoms with Gasteiger partial charge in [-0.3, -0.25) is 4.79 Å². The number of amides is 1. The summed E-state index contributed by atoms with van der Waals surface area (Å²) in [6.45, 7) is 7.60. The molecule has 112 valence electrons. The normalized spacial score (nSPS) is 12.1. The minimum atomic E-state index is -0.0476. The van der Waals surface area contributed by atoms with Gasteiger partial charge in [0.05, 0.1) is 10.7 Å². The molecule has 2 rings (SSSR count). The number of nitrogens with zero attached hydrogens (tertiary/aromatic N) is 1. The first-order valence-electron chi connectivity index (χ1n) is 7.14. The molecule has 0 saturated heterocycles. The van der Waals surface area contributed by atoms with E-state index in [0.717, 1.165) is 22.8 Å². The van der Waals surface area contributed by atoms with Crippen LogP contribution in [-0.2, 0) is 0 Å².